The van der Waals surface area contributed by atoms with Crippen molar-refractivity contribution in [3.63, 3.8) is 0 Å². The number of pyridine rings is 1. The van der Waals surface area contributed by atoms with Crippen LogP contribution in [0.3, 0.4) is 0 Å². The molecule has 1 amide bonds. The molecule has 2 heterocycles. The van der Waals surface area contributed by atoms with Gasteiger partial charge in [0.15, 0.2) is 0 Å². The Balaban J connectivity index is 2.17. The van der Waals surface area contributed by atoms with Gasteiger partial charge in [0.2, 0.25) is 5.88 Å². The number of likely N-dealkylation sites (tertiary alicyclic amines) is 1. The van der Waals surface area contributed by atoms with Crippen LogP contribution in [0.1, 0.15) is 23.2 Å². The number of aromatic nitrogens is 1. The Morgan fingerprint density at radius 2 is 2.32 bits per heavy atom. The number of ether oxygens (including phenoxy) is 1. The Labute approximate surface area is 111 Å². The van der Waals surface area contributed by atoms with E-state index in [0.717, 1.165) is 0 Å². The van der Waals surface area contributed by atoms with Crippen molar-refractivity contribution in [3.05, 3.63) is 23.9 Å². The molecule has 6 nitrogen and oxygen atoms in total. The highest BCUT2D eigenvalue weighted by molar-refractivity contribution is 5.96. The zero-order valence-corrected chi connectivity index (χ0v) is 10.7. The summed E-state index contributed by atoms with van der Waals surface area (Å²) in [5.41, 5.74) is 0.371. The Kier molecular flexibility index (Phi) is 3.99. The number of aliphatic carboxylic acids is 1. The highest BCUT2D eigenvalue weighted by atomic mass is 16.5. The zero-order valence-electron chi connectivity index (χ0n) is 10.7. The molecule has 1 N–H and O–H groups in total. The SMILES string of the molecule is COc1ncccc1C(=O)N1CCC[C@H](C(=O)O)C1. The van der Waals surface area contributed by atoms with Gasteiger partial charge in [0.1, 0.15) is 5.56 Å². The molecule has 19 heavy (non-hydrogen) atoms. The fourth-order valence-electron chi connectivity index (χ4n) is 2.25. The van der Waals surface area contributed by atoms with Gasteiger partial charge in [-0.1, -0.05) is 0 Å². The first-order chi connectivity index (χ1) is 9.13. The predicted octanol–water partition coefficient (Wildman–Crippen LogP) is 1.03. The van der Waals surface area contributed by atoms with E-state index in [1.54, 1.807) is 23.2 Å². The summed E-state index contributed by atoms with van der Waals surface area (Å²) in [6.07, 6.45) is 2.86. The lowest BCUT2D eigenvalue weighted by Crippen LogP contribution is -2.42. The van der Waals surface area contributed by atoms with E-state index in [-0.39, 0.29) is 18.3 Å². The van der Waals surface area contributed by atoms with E-state index in [4.69, 9.17) is 9.84 Å². The first-order valence-electron chi connectivity index (χ1n) is 6.14. The van der Waals surface area contributed by atoms with Crippen molar-refractivity contribution >= 4 is 11.9 Å². The summed E-state index contributed by atoms with van der Waals surface area (Å²) in [6.45, 7) is 0.812. The Morgan fingerprint density at radius 1 is 1.53 bits per heavy atom. The maximum absolute atomic E-state index is 12.4. The first-order valence-corrected chi connectivity index (χ1v) is 6.14. The number of nitrogens with zero attached hydrogens (tertiary/aromatic N) is 2. The van der Waals surface area contributed by atoms with Crippen molar-refractivity contribution in [2.75, 3.05) is 20.2 Å². The molecule has 102 valence electrons. The molecule has 1 aromatic heterocycles. The number of piperidine rings is 1. The van der Waals surface area contributed by atoms with Gasteiger partial charge in [0.05, 0.1) is 13.0 Å². The minimum absolute atomic E-state index is 0.226. The normalized spacial score (nSPS) is 19.0. The summed E-state index contributed by atoms with van der Waals surface area (Å²) < 4.78 is 5.06. The van der Waals surface area contributed by atoms with E-state index in [1.807, 2.05) is 0 Å². The van der Waals surface area contributed by atoms with Crippen LogP contribution in [-0.4, -0.2) is 47.1 Å². The fraction of sp³-hybridized carbons (Fsp3) is 0.462. The number of rotatable bonds is 3. The predicted molar refractivity (Wildman–Crippen MR) is 67.1 cm³/mol. The highest BCUT2D eigenvalue weighted by Crippen LogP contribution is 2.22. The molecule has 0 bridgehead atoms. The van der Waals surface area contributed by atoms with Gasteiger partial charge in [-0.3, -0.25) is 9.59 Å². The topological polar surface area (TPSA) is 79.7 Å². The quantitative estimate of drug-likeness (QED) is 0.882. The zero-order chi connectivity index (χ0) is 13.8. The molecule has 0 unspecified atom stereocenters. The summed E-state index contributed by atoms with van der Waals surface area (Å²) in [7, 11) is 1.45. The van der Waals surface area contributed by atoms with Crippen LogP contribution in [0.2, 0.25) is 0 Å². The molecule has 1 aliphatic heterocycles. The van der Waals surface area contributed by atoms with Crippen molar-refractivity contribution in [1.29, 1.82) is 0 Å². The number of methoxy groups -OCH3 is 1. The second-order valence-corrected chi connectivity index (χ2v) is 4.49. The first kappa shape index (κ1) is 13.3. The third-order valence-electron chi connectivity index (χ3n) is 3.25. The molecule has 1 aliphatic rings. The van der Waals surface area contributed by atoms with E-state index in [1.165, 1.54) is 7.11 Å². The van der Waals surface area contributed by atoms with Crippen LogP contribution in [0.4, 0.5) is 0 Å². The minimum Gasteiger partial charge on any atom is -0.481 e. The van der Waals surface area contributed by atoms with Crippen LogP contribution in [0.25, 0.3) is 0 Å². The Bertz CT molecular complexity index is 489. The number of hydrogen-bond acceptors (Lipinski definition) is 4. The highest BCUT2D eigenvalue weighted by Gasteiger charge is 2.29. The third-order valence-corrected chi connectivity index (χ3v) is 3.25. The molecule has 1 atom stereocenters. The van der Waals surface area contributed by atoms with E-state index >= 15 is 0 Å². The molecule has 0 aromatic carbocycles. The smallest absolute Gasteiger partial charge is 0.308 e. The Morgan fingerprint density at radius 3 is 3.00 bits per heavy atom. The van der Waals surface area contributed by atoms with Gasteiger partial charge in [-0.05, 0) is 25.0 Å². The molecular weight excluding hydrogens is 248 g/mol. The molecule has 0 saturated carbocycles. The average Bonchev–Trinajstić information content (AvgIpc) is 2.46. The van der Waals surface area contributed by atoms with E-state index in [0.29, 0.717) is 24.9 Å². The summed E-state index contributed by atoms with van der Waals surface area (Å²) in [5, 5.41) is 9.03. The van der Waals surface area contributed by atoms with Crippen molar-refractivity contribution in [2.24, 2.45) is 5.92 Å². The van der Waals surface area contributed by atoms with Gasteiger partial charge in [0, 0.05) is 19.3 Å². The van der Waals surface area contributed by atoms with Crippen LogP contribution in [-0.2, 0) is 4.79 Å². The molecule has 0 aliphatic carbocycles. The van der Waals surface area contributed by atoms with Crippen molar-refractivity contribution in [1.82, 2.24) is 9.88 Å². The number of hydrogen-bond donors (Lipinski definition) is 1. The molecular formula is C13H16N2O4. The van der Waals surface area contributed by atoms with Crippen LogP contribution < -0.4 is 4.74 Å². The monoisotopic (exact) mass is 264 g/mol. The van der Waals surface area contributed by atoms with Crippen molar-refractivity contribution in [2.45, 2.75) is 12.8 Å². The Hall–Kier alpha value is -2.11. The molecule has 1 aromatic rings. The fourth-order valence-corrected chi connectivity index (χ4v) is 2.25. The second kappa shape index (κ2) is 5.69. The molecule has 1 saturated heterocycles. The maximum atomic E-state index is 12.4. The summed E-state index contributed by atoms with van der Waals surface area (Å²) in [4.78, 5) is 28.9. The molecule has 2 rings (SSSR count). The summed E-state index contributed by atoms with van der Waals surface area (Å²) >= 11 is 0. The van der Waals surface area contributed by atoms with Gasteiger partial charge in [0.25, 0.3) is 5.91 Å². The van der Waals surface area contributed by atoms with Crippen LogP contribution >= 0.6 is 0 Å². The third kappa shape index (κ3) is 2.83. The lowest BCUT2D eigenvalue weighted by Gasteiger charge is -2.30. The van der Waals surface area contributed by atoms with E-state index in [2.05, 4.69) is 4.98 Å². The van der Waals surface area contributed by atoms with Crippen LogP contribution in [0.15, 0.2) is 18.3 Å². The van der Waals surface area contributed by atoms with E-state index in [9.17, 15) is 9.59 Å². The molecule has 0 radical (unpaired) electrons. The van der Waals surface area contributed by atoms with Crippen molar-refractivity contribution in [3.8, 4) is 5.88 Å². The van der Waals surface area contributed by atoms with E-state index < -0.39 is 11.9 Å². The minimum atomic E-state index is -0.851. The number of carbonyl (C=O) groups excluding carboxylic acids is 1. The molecule has 1 fully saturated rings. The largest absolute Gasteiger partial charge is 0.481 e. The second-order valence-electron chi connectivity index (χ2n) is 4.49. The lowest BCUT2D eigenvalue weighted by molar-refractivity contribution is -0.143. The summed E-state index contributed by atoms with van der Waals surface area (Å²) in [5.74, 6) is -1.29. The lowest BCUT2D eigenvalue weighted by atomic mass is 9.98. The van der Waals surface area contributed by atoms with Gasteiger partial charge >= 0.3 is 5.97 Å². The molecule has 0 spiro atoms. The molecule has 6 heteroatoms. The number of amides is 1. The number of carbonyl (C=O) groups is 2. The van der Waals surface area contributed by atoms with Crippen LogP contribution in [0.5, 0.6) is 5.88 Å². The maximum Gasteiger partial charge on any atom is 0.308 e. The van der Waals surface area contributed by atoms with Crippen molar-refractivity contribution < 1.29 is 19.4 Å². The standard InChI is InChI=1S/C13H16N2O4/c1-19-11-10(5-2-6-14-11)12(16)15-7-3-4-9(8-15)13(17)18/h2,5-6,9H,3-4,7-8H2,1H3,(H,17,18)/t9-/m0/s1. The summed E-state index contributed by atoms with van der Waals surface area (Å²) in [6, 6.07) is 3.30. The number of carboxylic acid groups (broad SMARTS) is 1. The van der Waals surface area contributed by atoms with Gasteiger partial charge in [-0.2, -0.15) is 0 Å². The van der Waals surface area contributed by atoms with Gasteiger partial charge < -0.3 is 14.7 Å². The van der Waals surface area contributed by atoms with Crippen LogP contribution in [0, 0.1) is 5.92 Å². The number of carboxylic acids is 1. The average molecular weight is 264 g/mol. The van der Waals surface area contributed by atoms with Gasteiger partial charge in [-0.15, -0.1) is 0 Å². The van der Waals surface area contributed by atoms with Gasteiger partial charge in [-0.25, -0.2) is 4.98 Å².